The van der Waals surface area contributed by atoms with Crippen LogP contribution in [0.5, 0.6) is 0 Å². The van der Waals surface area contributed by atoms with E-state index in [-0.39, 0.29) is 6.04 Å². The van der Waals surface area contributed by atoms with E-state index >= 15 is 0 Å². The highest BCUT2D eigenvalue weighted by atomic mass is 14.6. The zero-order valence-corrected chi connectivity index (χ0v) is 28.3. The fraction of sp³-hybridized carbons (Fsp3) is 0.850. The number of nitrogens with two attached hydrogens (primary N) is 1. The highest BCUT2D eigenvalue weighted by Crippen LogP contribution is 2.28. The van der Waals surface area contributed by atoms with Gasteiger partial charge in [0.2, 0.25) is 0 Å². The summed E-state index contributed by atoms with van der Waals surface area (Å²) >= 11 is 0. The number of rotatable bonds is 32. The van der Waals surface area contributed by atoms with Gasteiger partial charge in [-0.15, -0.1) is 0 Å². The summed E-state index contributed by atoms with van der Waals surface area (Å²) in [6, 6.07) is 11.0. The van der Waals surface area contributed by atoms with Crippen LogP contribution in [0.4, 0.5) is 0 Å². The van der Waals surface area contributed by atoms with Gasteiger partial charge in [0.25, 0.3) is 0 Å². The van der Waals surface area contributed by atoms with E-state index < -0.39 is 0 Å². The van der Waals surface area contributed by atoms with Crippen LogP contribution in [0.2, 0.25) is 0 Å². The lowest BCUT2D eigenvalue weighted by Gasteiger charge is -2.21. The van der Waals surface area contributed by atoms with E-state index in [1.807, 2.05) is 0 Å². The maximum absolute atomic E-state index is 6.69. The fourth-order valence-corrected chi connectivity index (χ4v) is 6.65. The topological polar surface area (TPSA) is 26.0 Å². The molecule has 1 aromatic rings. The van der Waals surface area contributed by atoms with Crippen molar-refractivity contribution < 1.29 is 0 Å². The molecule has 2 atom stereocenters. The average molecular weight is 570 g/mol. The molecule has 1 heteroatoms. The second kappa shape index (κ2) is 30.6. The zero-order valence-electron chi connectivity index (χ0n) is 28.3. The van der Waals surface area contributed by atoms with Crippen molar-refractivity contribution in [3.8, 4) is 0 Å². The largest absolute Gasteiger partial charge is 0.324 e. The number of hydrogen-bond donors (Lipinski definition) is 1. The lowest BCUT2D eigenvalue weighted by atomic mass is 9.87. The van der Waals surface area contributed by atoms with E-state index in [0.29, 0.717) is 0 Å². The third kappa shape index (κ3) is 25.4. The summed E-state index contributed by atoms with van der Waals surface area (Å²) in [6.45, 7) is 4.61. The van der Waals surface area contributed by atoms with E-state index in [2.05, 4.69) is 44.2 Å². The van der Waals surface area contributed by atoms with Gasteiger partial charge in [-0.3, -0.25) is 0 Å². The fourth-order valence-electron chi connectivity index (χ4n) is 6.65. The van der Waals surface area contributed by atoms with Crippen LogP contribution in [0.3, 0.4) is 0 Å². The molecule has 0 bridgehead atoms. The minimum Gasteiger partial charge on any atom is -0.324 e. The molecule has 0 aliphatic heterocycles. The Morgan fingerprint density at radius 1 is 0.415 bits per heavy atom. The molecule has 1 nitrogen and oxygen atoms in total. The molecule has 0 saturated carbocycles. The summed E-state index contributed by atoms with van der Waals surface area (Å²) < 4.78 is 0. The molecule has 0 amide bonds. The van der Waals surface area contributed by atoms with Crippen molar-refractivity contribution in [3.63, 3.8) is 0 Å². The maximum Gasteiger partial charge on any atom is 0.0297 e. The quantitative estimate of drug-likeness (QED) is 0.0858. The highest BCUT2D eigenvalue weighted by molar-refractivity contribution is 5.18. The molecule has 2 N–H and O–H groups in total. The van der Waals surface area contributed by atoms with Gasteiger partial charge < -0.3 is 5.73 Å². The Kier molecular flexibility index (Phi) is 28.5. The van der Waals surface area contributed by atoms with Crippen molar-refractivity contribution in [3.05, 3.63) is 35.9 Å². The van der Waals surface area contributed by atoms with Crippen LogP contribution in [0.25, 0.3) is 0 Å². The molecule has 0 aliphatic rings. The summed E-state index contributed by atoms with van der Waals surface area (Å²) in [5.41, 5.74) is 8.01. The van der Waals surface area contributed by atoms with Crippen molar-refractivity contribution in [2.24, 2.45) is 11.7 Å². The van der Waals surface area contributed by atoms with Gasteiger partial charge in [-0.2, -0.15) is 0 Å². The van der Waals surface area contributed by atoms with Crippen molar-refractivity contribution in [1.82, 2.24) is 0 Å². The van der Waals surface area contributed by atoms with Crippen LogP contribution in [-0.4, -0.2) is 0 Å². The summed E-state index contributed by atoms with van der Waals surface area (Å²) in [5.74, 6) is 0.801. The molecule has 0 radical (unpaired) electrons. The Morgan fingerprint density at radius 2 is 0.707 bits per heavy atom. The molecule has 1 aromatic carbocycles. The van der Waals surface area contributed by atoms with E-state index in [4.69, 9.17) is 5.73 Å². The minimum absolute atomic E-state index is 0.204. The normalized spacial score (nSPS) is 13.0. The molecule has 2 unspecified atom stereocenters. The van der Waals surface area contributed by atoms with E-state index in [1.165, 1.54) is 198 Å². The van der Waals surface area contributed by atoms with Crippen molar-refractivity contribution >= 4 is 0 Å². The van der Waals surface area contributed by atoms with Gasteiger partial charge in [-0.25, -0.2) is 0 Å². The van der Waals surface area contributed by atoms with Crippen molar-refractivity contribution in [2.45, 2.75) is 213 Å². The summed E-state index contributed by atoms with van der Waals surface area (Å²) in [5, 5.41) is 0. The summed E-state index contributed by atoms with van der Waals surface area (Å²) in [4.78, 5) is 0. The Labute approximate surface area is 259 Å². The molecule has 0 spiro atoms. The Bertz CT molecular complexity index is 611. The molecule has 240 valence electrons. The van der Waals surface area contributed by atoms with Crippen LogP contribution in [0, 0.1) is 5.92 Å². The second-order valence-electron chi connectivity index (χ2n) is 13.5. The molecule has 0 saturated heterocycles. The standard InChI is InChI=1S/C40H75N/c1-3-5-7-9-11-13-15-17-18-19-21-23-25-27-30-34-38(37-40(41)39-35-31-28-32-36-39)33-29-26-24-22-20-16-14-12-10-8-6-4-2/h28,31-32,35-36,38,40H,3-27,29-30,33-34,37,41H2,1-2H3. The minimum atomic E-state index is 0.204. The third-order valence-electron chi connectivity index (χ3n) is 9.50. The molecule has 0 aromatic heterocycles. The van der Waals surface area contributed by atoms with Crippen molar-refractivity contribution in [1.29, 1.82) is 0 Å². The SMILES string of the molecule is CCCCCCCCCCCCCCCCCC(CCCCCCCCCCCCCC)CC(N)c1ccccc1. The van der Waals surface area contributed by atoms with E-state index in [9.17, 15) is 0 Å². The highest BCUT2D eigenvalue weighted by Gasteiger charge is 2.15. The summed E-state index contributed by atoms with van der Waals surface area (Å²) in [6.07, 6.45) is 42.9. The van der Waals surface area contributed by atoms with Crippen LogP contribution < -0.4 is 5.73 Å². The van der Waals surface area contributed by atoms with Crippen LogP contribution in [0.15, 0.2) is 30.3 Å². The van der Waals surface area contributed by atoms with Gasteiger partial charge in [0.05, 0.1) is 0 Å². The third-order valence-corrected chi connectivity index (χ3v) is 9.50. The lowest BCUT2D eigenvalue weighted by Crippen LogP contribution is -2.16. The van der Waals surface area contributed by atoms with Crippen LogP contribution >= 0.6 is 0 Å². The Morgan fingerprint density at radius 3 is 1.02 bits per heavy atom. The first kappa shape index (κ1) is 38.2. The first-order chi connectivity index (χ1) is 20.3. The molecule has 0 aliphatic carbocycles. The van der Waals surface area contributed by atoms with Gasteiger partial charge in [0.1, 0.15) is 0 Å². The number of unbranched alkanes of at least 4 members (excludes halogenated alkanes) is 25. The molecule has 0 fully saturated rings. The molecule has 0 heterocycles. The smallest absolute Gasteiger partial charge is 0.0297 e. The first-order valence-corrected chi connectivity index (χ1v) is 19.1. The Hall–Kier alpha value is -0.820. The first-order valence-electron chi connectivity index (χ1n) is 19.1. The van der Waals surface area contributed by atoms with Gasteiger partial charge in [-0.05, 0) is 17.9 Å². The molecular weight excluding hydrogens is 494 g/mol. The van der Waals surface area contributed by atoms with Gasteiger partial charge >= 0.3 is 0 Å². The average Bonchev–Trinajstić information content (AvgIpc) is 2.99. The van der Waals surface area contributed by atoms with Crippen LogP contribution in [-0.2, 0) is 0 Å². The zero-order chi connectivity index (χ0) is 29.5. The van der Waals surface area contributed by atoms with Crippen molar-refractivity contribution in [2.75, 3.05) is 0 Å². The molecule has 1 rings (SSSR count). The van der Waals surface area contributed by atoms with Gasteiger partial charge in [0, 0.05) is 6.04 Å². The van der Waals surface area contributed by atoms with E-state index in [0.717, 1.165) is 5.92 Å². The number of benzene rings is 1. The second-order valence-corrected chi connectivity index (χ2v) is 13.5. The maximum atomic E-state index is 6.69. The van der Waals surface area contributed by atoms with Gasteiger partial charge in [-0.1, -0.05) is 230 Å². The lowest BCUT2D eigenvalue weighted by molar-refractivity contribution is 0.355. The summed E-state index contributed by atoms with van der Waals surface area (Å²) in [7, 11) is 0. The van der Waals surface area contributed by atoms with E-state index in [1.54, 1.807) is 0 Å². The molecular formula is C40H75N. The predicted octanol–water partition coefficient (Wildman–Crippen LogP) is 14.0. The monoisotopic (exact) mass is 570 g/mol. The number of hydrogen-bond acceptors (Lipinski definition) is 1. The van der Waals surface area contributed by atoms with Gasteiger partial charge in [0.15, 0.2) is 0 Å². The Balaban J connectivity index is 2.11. The predicted molar refractivity (Wildman–Crippen MR) is 187 cm³/mol. The molecule has 41 heavy (non-hydrogen) atoms. The van der Waals surface area contributed by atoms with Crippen LogP contribution in [0.1, 0.15) is 218 Å².